The number of hydrogen-bond donors (Lipinski definition) is 0. The zero-order valence-corrected chi connectivity index (χ0v) is 17.0. The largest absolute Gasteiger partial charge is 1.00 e. The quantitative estimate of drug-likeness (QED) is 0.424. The van der Waals surface area contributed by atoms with Gasteiger partial charge in [-0.1, -0.05) is 6.92 Å². The second-order valence-corrected chi connectivity index (χ2v) is 6.64. The standard InChI is InChI=1S/C16H26N2O4.Na/c1-6-13(14(19)20)11(7-12-8-17-10-18(12)5)9-22-15(21)16(2,3)4;/h8,10-11,13H,6-7,9H2,1-5H3,(H,19,20);/q;+1/p-1/t11-,13-;/m0./s1. The summed E-state index contributed by atoms with van der Waals surface area (Å²) < 4.78 is 7.16. The molecule has 0 saturated carbocycles. The number of carboxylic acid groups (broad SMARTS) is 1. The van der Waals surface area contributed by atoms with Crippen molar-refractivity contribution in [2.75, 3.05) is 6.61 Å². The van der Waals surface area contributed by atoms with Crippen molar-refractivity contribution in [2.45, 2.75) is 40.5 Å². The van der Waals surface area contributed by atoms with Gasteiger partial charge in [-0.2, -0.15) is 0 Å². The van der Waals surface area contributed by atoms with Gasteiger partial charge in [0.05, 0.1) is 18.3 Å². The van der Waals surface area contributed by atoms with E-state index in [1.54, 1.807) is 40.2 Å². The van der Waals surface area contributed by atoms with Crippen molar-refractivity contribution in [1.29, 1.82) is 0 Å². The monoisotopic (exact) mass is 332 g/mol. The Balaban J connectivity index is 0.00000484. The first-order valence-corrected chi connectivity index (χ1v) is 7.50. The number of aliphatic carboxylic acids is 1. The van der Waals surface area contributed by atoms with Crippen LogP contribution in [-0.2, 0) is 27.8 Å². The summed E-state index contributed by atoms with van der Waals surface area (Å²) in [7, 11) is 1.85. The molecule has 2 atom stereocenters. The Kier molecular flexibility index (Phi) is 9.10. The molecule has 0 aliphatic carbocycles. The molecule has 0 radical (unpaired) electrons. The van der Waals surface area contributed by atoms with Crippen molar-refractivity contribution in [2.24, 2.45) is 24.3 Å². The van der Waals surface area contributed by atoms with E-state index in [1.165, 1.54) is 0 Å². The predicted octanol–water partition coefficient (Wildman–Crippen LogP) is -2.05. The smallest absolute Gasteiger partial charge is 0.550 e. The Morgan fingerprint density at radius 3 is 2.39 bits per heavy atom. The zero-order chi connectivity index (χ0) is 16.9. The molecule has 1 heterocycles. The third-order valence-corrected chi connectivity index (χ3v) is 3.74. The molecule has 23 heavy (non-hydrogen) atoms. The van der Waals surface area contributed by atoms with E-state index < -0.39 is 17.3 Å². The molecule has 0 spiro atoms. The van der Waals surface area contributed by atoms with Gasteiger partial charge >= 0.3 is 35.5 Å². The summed E-state index contributed by atoms with van der Waals surface area (Å²) >= 11 is 0. The number of ether oxygens (including phenoxy) is 1. The molecule has 0 aliphatic heterocycles. The van der Waals surface area contributed by atoms with Gasteiger partial charge in [0.15, 0.2) is 0 Å². The van der Waals surface area contributed by atoms with E-state index in [-0.39, 0.29) is 48.1 Å². The molecule has 0 aliphatic rings. The van der Waals surface area contributed by atoms with E-state index in [9.17, 15) is 14.7 Å². The number of aromatic nitrogens is 2. The Morgan fingerprint density at radius 1 is 1.39 bits per heavy atom. The van der Waals surface area contributed by atoms with E-state index in [0.717, 1.165) is 5.69 Å². The molecule has 6 nitrogen and oxygen atoms in total. The number of nitrogens with zero attached hydrogens (tertiary/aromatic N) is 2. The van der Waals surface area contributed by atoms with E-state index in [4.69, 9.17) is 4.74 Å². The third-order valence-electron chi connectivity index (χ3n) is 3.74. The Labute approximate surface area is 159 Å². The van der Waals surface area contributed by atoms with Gasteiger partial charge in [0.25, 0.3) is 0 Å². The molecule has 0 N–H and O–H groups in total. The topological polar surface area (TPSA) is 84.2 Å². The van der Waals surface area contributed by atoms with Crippen molar-refractivity contribution in [3.63, 3.8) is 0 Å². The average Bonchev–Trinajstić information content (AvgIpc) is 2.80. The van der Waals surface area contributed by atoms with E-state index in [0.29, 0.717) is 12.8 Å². The molecule has 0 saturated heterocycles. The normalized spacial score (nSPS) is 13.8. The van der Waals surface area contributed by atoms with Crippen LogP contribution >= 0.6 is 0 Å². The molecule has 0 fully saturated rings. The van der Waals surface area contributed by atoms with Crippen LogP contribution < -0.4 is 34.7 Å². The van der Waals surface area contributed by atoms with Crippen LogP contribution in [-0.4, -0.2) is 28.1 Å². The van der Waals surface area contributed by atoms with Gasteiger partial charge in [-0.15, -0.1) is 0 Å². The van der Waals surface area contributed by atoms with Crippen LogP contribution in [0.5, 0.6) is 0 Å². The number of carbonyl (C=O) groups is 2. The van der Waals surface area contributed by atoms with Crippen LogP contribution in [0.15, 0.2) is 12.5 Å². The molecule has 0 bridgehead atoms. The van der Waals surface area contributed by atoms with E-state index in [2.05, 4.69) is 4.98 Å². The second-order valence-electron chi connectivity index (χ2n) is 6.64. The molecular formula is C16H25N2NaO4. The number of rotatable bonds is 7. The van der Waals surface area contributed by atoms with E-state index in [1.807, 2.05) is 11.6 Å². The molecule has 0 amide bonds. The van der Waals surface area contributed by atoms with Crippen LogP contribution in [0.2, 0.25) is 0 Å². The summed E-state index contributed by atoms with van der Waals surface area (Å²) in [5.74, 6) is -2.45. The minimum absolute atomic E-state index is 0. The first kappa shape index (κ1) is 22.1. The van der Waals surface area contributed by atoms with Crippen LogP contribution in [0.25, 0.3) is 0 Å². The molecule has 0 aromatic carbocycles. The minimum Gasteiger partial charge on any atom is -0.550 e. The summed E-state index contributed by atoms with van der Waals surface area (Å²) in [6, 6.07) is 0. The fraction of sp³-hybridized carbons (Fsp3) is 0.688. The maximum atomic E-state index is 11.9. The zero-order valence-electron chi connectivity index (χ0n) is 15.0. The van der Waals surface area contributed by atoms with Crippen LogP contribution in [0.1, 0.15) is 39.8 Å². The maximum Gasteiger partial charge on any atom is 1.00 e. The van der Waals surface area contributed by atoms with Gasteiger partial charge in [-0.25, -0.2) is 4.98 Å². The van der Waals surface area contributed by atoms with Gasteiger partial charge < -0.3 is 19.2 Å². The van der Waals surface area contributed by atoms with Gasteiger partial charge in [0.2, 0.25) is 0 Å². The summed E-state index contributed by atoms with van der Waals surface area (Å²) in [4.78, 5) is 27.3. The SMILES string of the molecule is CC[C@H](C(=O)[O-])[C@H](COC(=O)C(C)(C)C)Cc1cncn1C.[Na+]. The van der Waals surface area contributed by atoms with Crippen molar-refractivity contribution >= 4 is 11.9 Å². The average molecular weight is 332 g/mol. The summed E-state index contributed by atoms with van der Waals surface area (Å²) in [5, 5.41) is 11.4. The number of esters is 1. The van der Waals surface area contributed by atoms with Gasteiger partial charge in [0, 0.05) is 36.7 Å². The Hall–Kier alpha value is -0.850. The minimum atomic E-state index is -1.11. The molecule has 1 rings (SSSR count). The van der Waals surface area contributed by atoms with Crippen molar-refractivity contribution in [3.05, 3.63) is 18.2 Å². The van der Waals surface area contributed by atoms with Crippen LogP contribution in [0.3, 0.4) is 0 Å². The van der Waals surface area contributed by atoms with E-state index >= 15 is 0 Å². The number of carboxylic acids is 1. The summed E-state index contributed by atoms with van der Waals surface area (Å²) in [5.41, 5.74) is 0.289. The van der Waals surface area contributed by atoms with Gasteiger partial charge in [-0.3, -0.25) is 4.79 Å². The first-order valence-electron chi connectivity index (χ1n) is 7.50. The number of aryl methyl sites for hydroxylation is 1. The van der Waals surface area contributed by atoms with Gasteiger partial charge in [-0.05, 0) is 33.6 Å². The maximum absolute atomic E-state index is 11.9. The van der Waals surface area contributed by atoms with Crippen molar-refractivity contribution < 1.29 is 49.0 Å². The first-order chi connectivity index (χ1) is 10.2. The van der Waals surface area contributed by atoms with Gasteiger partial charge in [0.1, 0.15) is 0 Å². The second kappa shape index (κ2) is 9.45. The number of carbonyl (C=O) groups excluding carboxylic acids is 2. The molecule has 0 unspecified atom stereocenters. The fourth-order valence-electron chi connectivity index (χ4n) is 2.26. The third kappa shape index (κ3) is 6.65. The predicted molar refractivity (Wildman–Crippen MR) is 79.6 cm³/mol. The fourth-order valence-corrected chi connectivity index (χ4v) is 2.26. The Morgan fingerprint density at radius 2 is 2.00 bits per heavy atom. The summed E-state index contributed by atoms with van der Waals surface area (Å²) in [6.45, 7) is 7.15. The molecule has 1 aromatic rings. The van der Waals surface area contributed by atoms with Crippen molar-refractivity contribution in [1.82, 2.24) is 9.55 Å². The number of hydrogen-bond acceptors (Lipinski definition) is 5. The molecule has 7 heteroatoms. The summed E-state index contributed by atoms with van der Waals surface area (Å²) in [6.07, 6.45) is 4.26. The Bertz CT molecular complexity index is 522. The number of imidazole rings is 1. The van der Waals surface area contributed by atoms with Crippen molar-refractivity contribution in [3.8, 4) is 0 Å². The van der Waals surface area contributed by atoms with Crippen LogP contribution in [0, 0.1) is 17.3 Å². The molecular weight excluding hydrogens is 307 g/mol. The molecule has 124 valence electrons. The molecule has 1 aromatic heterocycles. The van der Waals surface area contributed by atoms with Crippen LogP contribution in [0.4, 0.5) is 0 Å².